The van der Waals surface area contributed by atoms with Crippen LogP contribution in [0.2, 0.25) is 0 Å². The molecule has 0 spiro atoms. The maximum absolute atomic E-state index is 12.0. The zero-order chi connectivity index (χ0) is 15.2. The van der Waals surface area contributed by atoms with Crippen molar-refractivity contribution in [2.24, 2.45) is 0 Å². The fourth-order valence-electron chi connectivity index (χ4n) is 1.26. The molecule has 0 aliphatic carbocycles. The summed E-state index contributed by atoms with van der Waals surface area (Å²) in [5.41, 5.74) is 0.692. The molecule has 1 atom stereocenters. The van der Waals surface area contributed by atoms with Gasteiger partial charge in [0, 0.05) is 6.08 Å². The predicted octanol–water partition coefficient (Wildman–Crippen LogP) is 1.75. The third-order valence-electron chi connectivity index (χ3n) is 2.39. The first kappa shape index (κ1) is 16.0. The molecule has 1 aromatic carbocycles. The van der Waals surface area contributed by atoms with Crippen LogP contribution in [0.3, 0.4) is 0 Å². The largest absolute Gasteiger partial charge is 0.497 e. The van der Waals surface area contributed by atoms with Crippen LogP contribution in [0.1, 0.15) is 5.56 Å². The van der Waals surface area contributed by atoms with Crippen LogP contribution in [0.4, 0.5) is 13.2 Å². The van der Waals surface area contributed by atoms with Crippen molar-refractivity contribution in [1.82, 2.24) is 5.32 Å². The first-order valence-electron chi connectivity index (χ1n) is 5.67. The molecule has 1 unspecified atom stereocenters. The van der Waals surface area contributed by atoms with Gasteiger partial charge in [-0.1, -0.05) is 12.1 Å². The number of halogens is 3. The Balaban J connectivity index is 2.47. The first-order valence-corrected chi connectivity index (χ1v) is 5.67. The Labute approximate surface area is 113 Å². The molecule has 4 nitrogen and oxygen atoms in total. The summed E-state index contributed by atoms with van der Waals surface area (Å²) in [6.45, 7) is -0.880. The van der Waals surface area contributed by atoms with Crippen molar-refractivity contribution in [2.75, 3.05) is 13.7 Å². The molecule has 110 valence electrons. The molecule has 0 aliphatic rings. The van der Waals surface area contributed by atoms with Gasteiger partial charge in [0.15, 0.2) is 6.10 Å². The average molecular weight is 289 g/mol. The number of aliphatic hydroxyl groups is 1. The molecule has 0 heterocycles. The highest BCUT2D eigenvalue weighted by Gasteiger charge is 2.37. The van der Waals surface area contributed by atoms with Gasteiger partial charge in [-0.2, -0.15) is 13.2 Å². The van der Waals surface area contributed by atoms with E-state index in [0.717, 1.165) is 6.08 Å². The number of carbonyl (C=O) groups is 1. The number of ether oxygens (including phenoxy) is 1. The van der Waals surface area contributed by atoms with Crippen molar-refractivity contribution in [3.8, 4) is 5.75 Å². The van der Waals surface area contributed by atoms with Gasteiger partial charge in [-0.25, -0.2) is 0 Å². The minimum Gasteiger partial charge on any atom is -0.497 e. The molecule has 0 saturated heterocycles. The van der Waals surface area contributed by atoms with Crippen LogP contribution in [-0.4, -0.2) is 36.9 Å². The van der Waals surface area contributed by atoms with Crippen LogP contribution >= 0.6 is 0 Å². The summed E-state index contributed by atoms with van der Waals surface area (Å²) < 4.78 is 40.9. The molecule has 0 saturated carbocycles. The van der Waals surface area contributed by atoms with Crippen molar-refractivity contribution in [2.45, 2.75) is 12.3 Å². The molecular formula is C13H14F3NO3. The van der Waals surface area contributed by atoms with Gasteiger partial charge >= 0.3 is 6.18 Å². The fourth-order valence-corrected chi connectivity index (χ4v) is 1.26. The molecule has 7 heteroatoms. The molecule has 0 fully saturated rings. The Hall–Kier alpha value is -2.02. The van der Waals surface area contributed by atoms with Crippen molar-refractivity contribution < 1.29 is 27.8 Å². The number of benzene rings is 1. The number of alkyl halides is 3. The van der Waals surface area contributed by atoms with E-state index in [1.807, 2.05) is 5.32 Å². The molecule has 0 radical (unpaired) electrons. The second kappa shape index (κ2) is 6.95. The Kier molecular flexibility index (Phi) is 5.57. The summed E-state index contributed by atoms with van der Waals surface area (Å²) in [5.74, 6) is -0.0657. The topological polar surface area (TPSA) is 58.6 Å². The Morgan fingerprint density at radius 2 is 2.00 bits per heavy atom. The number of aliphatic hydroxyl groups excluding tert-OH is 1. The highest BCUT2D eigenvalue weighted by atomic mass is 19.4. The summed E-state index contributed by atoms with van der Waals surface area (Å²) in [6.07, 6.45) is -4.78. The molecule has 2 N–H and O–H groups in total. The summed E-state index contributed by atoms with van der Waals surface area (Å²) >= 11 is 0. The van der Waals surface area contributed by atoms with Crippen LogP contribution in [0, 0.1) is 0 Å². The van der Waals surface area contributed by atoms with E-state index in [1.54, 1.807) is 24.3 Å². The van der Waals surface area contributed by atoms with E-state index >= 15 is 0 Å². The average Bonchev–Trinajstić information content (AvgIpc) is 2.41. The van der Waals surface area contributed by atoms with Gasteiger partial charge in [0.05, 0.1) is 13.7 Å². The van der Waals surface area contributed by atoms with E-state index in [1.165, 1.54) is 13.2 Å². The summed E-state index contributed by atoms with van der Waals surface area (Å²) in [6, 6.07) is 6.75. The zero-order valence-corrected chi connectivity index (χ0v) is 10.6. The maximum atomic E-state index is 12.0. The van der Waals surface area contributed by atoms with E-state index in [-0.39, 0.29) is 0 Å². The second-order valence-electron chi connectivity index (χ2n) is 3.91. The number of carbonyl (C=O) groups excluding carboxylic acids is 1. The molecule has 0 bridgehead atoms. The van der Waals surface area contributed by atoms with Crippen molar-refractivity contribution in [3.63, 3.8) is 0 Å². The molecule has 1 amide bonds. The smallest absolute Gasteiger partial charge is 0.416 e. The SMILES string of the molecule is COc1ccc(/C=C/C(=O)NCC(O)C(F)(F)F)cc1. The van der Waals surface area contributed by atoms with Crippen LogP contribution in [-0.2, 0) is 4.79 Å². The van der Waals surface area contributed by atoms with E-state index in [4.69, 9.17) is 9.84 Å². The lowest BCUT2D eigenvalue weighted by molar-refractivity contribution is -0.201. The van der Waals surface area contributed by atoms with Crippen LogP contribution in [0.15, 0.2) is 30.3 Å². The number of methoxy groups -OCH3 is 1. The van der Waals surface area contributed by atoms with Crippen molar-refractivity contribution in [1.29, 1.82) is 0 Å². The molecular weight excluding hydrogens is 275 g/mol. The minimum atomic E-state index is -4.74. The van der Waals surface area contributed by atoms with E-state index < -0.39 is 24.7 Å². The lowest BCUT2D eigenvalue weighted by atomic mass is 10.2. The summed E-state index contributed by atoms with van der Waals surface area (Å²) in [5, 5.41) is 10.7. The summed E-state index contributed by atoms with van der Waals surface area (Å²) in [4.78, 5) is 11.3. The van der Waals surface area contributed by atoms with Gasteiger partial charge in [0.25, 0.3) is 0 Å². The Bertz CT molecular complexity index is 469. The molecule has 1 aromatic rings. The summed E-state index contributed by atoms with van der Waals surface area (Å²) in [7, 11) is 1.52. The van der Waals surface area contributed by atoms with Gasteiger partial charge < -0.3 is 15.2 Å². The number of amides is 1. The van der Waals surface area contributed by atoms with Gasteiger partial charge in [-0.3, -0.25) is 4.79 Å². The monoisotopic (exact) mass is 289 g/mol. The van der Waals surface area contributed by atoms with Crippen LogP contribution < -0.4 is 10.1 Å². The Morgan fingerprint density at radius 3 is 2.50 bits per heavy atom. The van der Waals surface area contributed by atoms with Gasteiger partial charge in [0.1, 0.15) is 5.75 Å². The maximum Gasteiger partial charge on any atom is 0.416 e. The van der Waals surface area contributed by atoms with Crippen LogP contribution in [0.25, 0.3) is 6.08 Å². The third kappa shape index (κ3) is 5.31. The van der Waals surface area contributed by atoms with Gasteiger partial charge in [-0.05, 0) is 23.8 Å². The highest BCUT2D eigenvalue weighted by molar-refractivity contribution is 5.91. The lowest BCUT2D eigenvalue weighted by Crippen LogP contribution is -2.40. The lowest BCUT2D eigenvalue weighted by Gasteiger charge is -2.14. The van der Waals surface area contributed by atoms with Gasteiger partial charge in [0.2, 0.25) is 5.91 Å². The highest BCUT2D eigenvalue weighted by Crippen LogP contribution is 2.19. The number of hydrogen-bond acceptors (Lipinski definition) is 3. The zero-order valence-electron chi connectivity index (χ0n) is 10.6. The van der Waals surface area contributed by atoms with E-state index in [0.29, 0.717) is 11.3 Å². The quantitative estimate of drug-likeness (QED) is 0.812. The number of nitrogens with one attached hydrogen (secondary N) is 1. The number of hydrogen-bond donors (Lipinski definition) is 2. The normalized spacial score (nSPS) is 13.2. The van der Waals surface area contributed by atoms with Crippen molar-refractivity contribution in [3.05, 3.63) is 35.9 Å². The minimum absolute atomic E-state index is 0.653. The molecule has 1 rings (SSSR count). The standard InChI is InChI=1S/C13H14F3NO3/c1-20-10-5-2-9(3-6-10)4-7-12(19)17-8-11(18)13(14,15)16/h2-7,11,18H,8H2,1H3,(H,17,19)/b7-4+. The number of rotatable bonds is 5. The van der Waals surface area contributed by atoms with E-state index in [9.17, 15) is 18.0 Å². The van der Waals surface area contributed by atoms with Crippen molar-refractivity contribution >= 4 is 12.0 Å². The Morgan fingerprint density at radius 1 is 1.40 bits per heavy atom. The second-order valence-corrected chi connectivity index (χ2v) is 3.91. The molecule has 0 aliphatic heterocycles. The van der Waals surface area contributed by atoms with E-state index in [2.05, 4.69) is 0 Å². The third-order valence-corrected chi connectivity index (χ3v) is 2.39. The van der Waals surface area contributed by atoms with Gasteiger partial charge in [-0.15, -0.1) is 0 Å². The first-order chi connectivity index (χ1) is 9.32. The predicted molar refractivity (Wildman–Crippen MR) is 67.1 cm³/mol. The molecule has 20 heavy (non-hydrogen) atoms. The fraction of sp³-hybridized carbons (Fsp3) is 0.308. The van der Waals surface area contributed by atoms with Crippen LogP contribution in [0.5, 0.6) is 5.75 Å². The molecule has 0 aromatic heterocycles.